The highest BCUT2D eigenvalue weighted by Crippen LogP contribution is 2.47. The van der Waals surface area contributed by atoms with Gasteiger partial charge in [-0.15, -0.1) is 0 Å². The molecule has 0 bridgehead atoms. The summed E-state index contributed by atoms with van der Waals surface area (Å²) in [5.41, 5.74) is 0. The zero-order chi connectivity index (χ0) is 15.6. The van der Waals surface area contributed by atoms with E-state index in [0.29, 0.717) is 24.9 Å². The summed E-state index contributed by atoms with van der Waals surface area (Å²) in [5.74, 6) is 0.248. The standard InChI is InChI=1S/C12H8Cl3O3PS2/c13-7-5-8(14)12(9(15)6-7)21-11-4-2-1-3-10(11)18-19(16,17)20/h1-6H,(H2,16,17,20). The Kier molecular flexibility index (Phi) is 5.85. The molecule has 0 amide bonds. The molecule has 2 rings (SSSR count). The van der Waals surface area contributed by atoms with E-state index < -0.39 is 6.72 Å². The first kappa shape index (κ1) is 17.4. The fourth-order valence-corrected chi connectivity index (χ4v) is 4.13. The van der Waals surface area contributed by atoms with Crippen molar-refractivity contribution in [3.8, 4) is 5.75 Å². The monoisotopic (exact) mass is 400 g/mol. The van der Waals surface area contributed by atoms with Crippen LogP contribution in [0.4, 0.5) is 0 Å². The van der Waals surface area contributed by atoms with Crippen LogP contribution in [0, 0.1) is 0 Å². The Labute approximate surface area is 146 Å². The molecule has 2 aromatic carbocycles. The molecule has 112 valence electrons. The maximum absolute atomic E-state index is 9.29. The summed E-state index contributed by atoms with van der Waals surface area (Å²) < 4.78 is 5.01. The van der Waals surface area contributed by atoms with E-state index in [9.17, 15) is 9.79 Å². The zero-order valence-corrected chi connectivity index (χ0v) is 15.0. The highest BCUT2D eigenvalue weighted by molar-refractivity contribution is 8.06. The van der Waals surface area contributed by atoms with Gasteiger partial charge in [0.05, 0.1) is 14.9 Å². The van der Waals surface area contributed by atoms with Crippen LogP contribution < -0.4 is 4.52 Å². The average Bonchev–Trinajstić information content (AvgIpc) is 2.33. The molecule has 0 fully saturated rings. The lowest BCUT2D eigenvalue weighted by Gasteiger charge is -2.14. The van der Waals surface area contributed by atoms with Crippen LogP contribution in [0.2, 0.25) is 15.1 Å². The Balaban J connectivity index is 2.39. The van der Waals surface area contributed by atoms with Crippen LogP contribution in [-0.2, 0) is 11.8 Å². The third-order valence-electron chi connectivity index (χ3n) is 2.24. The number of hydrogen-bond donors (Lipinski definition) is 2. The normalized spacial score (nSPS) is 11.5. The quantitative estimate of drug-likeness (QED) is 0.673. The zero-order valence-electron chi connectivity index (χ0n) is 10.2. The number of rotatable bonds is 4. The molecule has 0 aliphatic heterocycles. The molecule has 0 spiro atoms. The van der Waals surface area contributed by atoms with Gasteiger partial charge in [-0.2, -0.15) is 0 Å². The van der Waals surface area contributed by atoms with Gasteiger partial charge >= 0.3 is 6.72 Å². The third kappa shape index (κ3) is 5.02. The molecule has 21 heavy (non-hydrogen) atoms. The lowest BCUT2D eigenvalue weighted by atomic mass is 10.3. The lowest BCUT2D eigenvalue weighted by molar-refractivity contribution is 0.367. The highest BCUT2D eigenvalue weighted by Gasteiger charge is 2.16. The molecular weight excluding hydrogens is 394 g/mol. The van der Waals surface area contributed by atoms with Crippen molar-refractivity contribution in [2.45, 2.75) is 9.79 Å². The number of para-hydroxylation sites is 1. The molecule has 0 aromatic heterocycles. The minimum atomic E-state index is -3.82. The Morgan fingerprint density at radius 3 is 2.19 bits per heavy atom. The van der Waals surface area contributed by atoms with Crippen LogP contribution in [-0.4, -0.2) is 9.79 Å². The number of benzene rings is 2. The van der Waals surface area contributed by atoms with Crippen molar-refractivity contribution in [2.24, 2.45) is 0 Å². The van der Waals surface area contributed by atoms with Crippen molar-refractivity contribution in [2.75, 3.05) is 0 Å². The van der Waals surface area contributed by atoms with E-state index in [1.807, 2.05) is 0 Å². The Hall–Kier alpha value is 0.0300. The summed E-state index contributed by atoms with van der Waals surface area (Å²) in [6.45, 7) is -3.82. The Morgan fingerprint density at radius 1 is 1.05 bits per heavy atom. The second kappa shape index (κ2) is 7.07. The van der Waals surface area contributed by atoms with Gasteiger partial charge < -0.3 is 14.3 Å². The SMILES string of the molecule is OP(O)(=S)Oc1ccccc1Sc1c(Cl)cc(Cl)cc1Cl. The molecule has 2 aromatic rings. The minimum absolute atomic E-state index is 0.248. The Morgan fingerprint density at radius 2 is 1.62 bits per heavy atom. The van der Waals surface area contributed by atoms with Gasteiger partial charge in [0, 0.05) is 21.7 Å². The predicted octanol–water partition coefficient (Wildman–Crippen LogP) is 5.39. The van der Waals surface area contributed by atoms with Gasteiger partial charge in [-0.3, -0.25) is 0 Å². The first-order valence-electron chi connectivity index (χ1n) is 5.43. The van der Waals surface area contributed by atoms with E-state index in [4.69, 9.17) is 39.3 Å². The van der Waals surface area contributed by atoms with Crippen molar-refractivity contribution >= 4 is 65.1 Å². The predicted molar refractivity (Wildman–Crippen MR) is 91.4 cm³/mol. The van der Waals surface area contributed by atoms with Crippen LogP contribution in [0.1, 0.15) is 0 Å². The summed E-state index contributed by atoms with van der Waals surface area (Å²) in [6.07, 6.45) is 0. The van der Waals surface area contributed by atoms with Crippen LogP contribution in [0.25, 0.3) is 0 Å². The van der Waals surface area contributed by atoms with Crippen LogP contribution in [0.3, 0.4) is 0 Å². The second-order valence-electron chi connectivity index (χ2n) is 3.83. The van der Waals surface area contributed by atoms with Gasteiger partial charge in [0.25, 0.3) is 0 Å². The fourth-order valence-electron chi connectivity index (χ4n) is 1.47. The van der Waals surface area contributed by atoms with E-state index in [1.54, 1.807) is 36.4 Å². The van der Waals surface area contributed by atoms with Crippen LogP contribution in [0.15, 0.2) is 46.2 Å². The first-order chi connectivity index (χ1) is 9.76. The highest BCUT2D eigenvalue weighted by atomic mass is 35.5. The van der Waals surface area contributed by atoms with Crippen molar-refractivity contribution in [3.05, 3.63) is 51.5 Å². The molecule has 0 aliphatic rings. The van der Waals surface area contributed by atoms with E-state index in [2.05, 4.69) is 11.8 Å². The lowest BCUT2D eigenvalue weighted by Crippen LogP contribution is -1.91. The maximum Gasteiger partial charge on any atom is 0.375 e. The molecule has 2 N–H and O–H groups in total. The van der Waals surface area contributed by atoms with Crippen molar-refractivity contribution in [3.63, 3.8) is 0 Å². The Bertz CT molecular complexity index is 698. The van der Waals surface area contributed by atoms with E-state index in [1.165, 1.54) is 11.8 Å². The summed E-state index contributed by atoms with van der Waals surface area (Å²) in [4.78, 5) is 19.8. The van der Waals surface area contributed by atoms with Gasteiger partial charge in [-0.1, -0.05) is 58.7 Å². The number of halogens is 3. The maximum atomic E-state index is 9.29. The molecule has 0 atom stereocenters. The molecule has 0 heterocycles. The summed E-state index contributed by atoms with van der Waals surface area (Å²) in [7, 11) is 0. The van der Waals surface area contributed by atoms with Gasteiger partial charge in [0.2, 0.25) is 0 Å². The molecule has 0 saturated heterocycles. The molecule has 0 aliphatic carbocycles. The van der Waals surface area contributed by atoms with Crippen LogP contribution in [0.5, 0.6) is 5.75 Å². The molecule has 0 radical (unpaired) electrons. The van der Waals surface area contributed by atoms with Crippen molar-refractivity contribution < 1.29 is 14.3 Å². The van der Waals surface area contributed by atoms with Crippen molar-refractivity contribution in [1.82, 2.24) is 0 Å². The summed E-state index contributed by atoms with van der Waals surface area (Å²) >= 11 is 23.8. The van der Waals surface area contributed by atoms with Gasteiger partial charge in [0.15, 0.2) is 0 Å². The van der Waals surface area contributed by atoms with E-state index in [-0.39, 0.29) is 5.75 Å². The molecule has 0 unspecified atom stereocenters. The summed E-state index contributed by atoms with van der Waals surface area (Å²) in [5, 5.41) is 1.21. The molecule has 0 saturated carbocycles. The fraction of sp³-hybridized carbons (Fsp3) is 0. The third-order valence-corrected chi connectivity index (χ3v) is 5.14. The smallest absolute Gasteiger partial charge is 0.375 e. The number of hydrogen-bond acceptors (Lipinski definition) is 3. The largest absolute Gasteiger partial charge is 0.423 e. The molecule has 9 heteroatoms. The van der Waals surface area contributed by atoms with Crippen molar-refractivity contribution in [1.29, 1.82) is 0 Å². The van der Waals surface area contributed by atoms with Gasteiger partial charge in [0.1, 0.15) is 5.75 Å². The van der Waals surface area contributed by atoms with E-state index >= 15 is 0 Å². The molecule has 3 nitrogen and oxygen atoms in total. The average molecular weight is 402 g/mol. The summed E-state index contributed by atoms with van der Waals surface area (Å²) in [6, 6.07) is 9.91. The van der Waals surface area contributed by atoms with Crippen LogP contribution >= 0.6 is 53.3 Å². The minimum Gasteiger partial charge on any atom is -0.423 e. The van der Waals surface area contributed by atoms with Gasteiger partial charge in [-0.05, 0) is 24.3 Å². The molecular formula is C12H8Cl3O3PS2. The second-order valence-corrected chi connectivity index (χ2v) is 8.72. The first-order valence-corrected chi connectivity index (χ1v) is 10.0. The topological polar surface area (TPSA) is 49.7 Å². The van der Waals surface area contributed by atoms with Gasteiger partial charge in [-0.25, -0.2) is 0 Å². The van der Waals surface area contributed by atoms with E-state index in [0.717, 1.165) is 0 Å².